The van der Waals surface area contributed by atoms with Gasteiger partial charge in [-0.15, -0.1) is 18.0 Å². The maximum Gasteiger partial charge on any atom is 0.158 e. The molecule has 0 aliphatic rings. The third kappa shape index (κ3) is 5.58. The largest absolute Gasteiger partial charge is 0.478 e. The lowest BCUT2D eigenvalue weighted by molar-refractivity contribution is 0.102. The molecule has 102 valence electrons. The molecule has 1 N–H and O–H groups in total. The first-order valence-corrected chi connectivity index (χ1v) is 6.49. The molecule has 7 heteroatoms. The Morgan fingerprint density at radius 1 is 1.37 bits per heavy atom. The van der Waals surface area contributed by atoms with Crippen LogP contribution in [0.4, 0.5) is 5.69 Å². The number of aliphatic imine (C=N–C) groups is 1. The van der Waals surface area contributed by atoms with Crippen molar-refractivity contribution >= 4 is 46.8 Å². The van der Waals surface area contributed by atoms with Gasteiger partial charge < -0.3 is 4.74 Å². The third-order valence-corrected chi connectivity index (χ3v) is 2.53. The van der Waals surface area contributed by atoms with Gasteiger partial charge in [-0.25, -0.2) is 4.99 Å². The summed E-state index contributed by atoms with van der Waals surface area (Å²) in [5.41, 5.74) is 3.05. The topological polar surface area (TPSA) is 42.8 Å². The Morgan fingerprint density at radius 2 is 2.05 bits per heavy atom. The molecule has 1 rings (SSSR count). The van der Waals surface area contributed by atoms with E-state index in [1.54, 1.807) is 12.1 Å². The van der Waals surface area contributed by atoms with Crippen molar-refractivity contribution in [1.82, 2.24) is 5.48 Å². The highest BCUT2D eigenvalue weighted by Crippen LogP contribution is 2.36. The van der Waals surface area contributed by atoms with Crippen LogP contribution in [0.5, 0.6) is 5.75 Å². The fourth-order valence-corrected chi connectivity index (χ4v) is 1.77. The van der Waals surface area contributed by atoms with E-state index in [0.717, 1.165) is 0 Å². The van der Waals surface area contributed by atoms with Gasteiger partial charge in [-0.3, -0.25) is 10.3 Å². The number of ether oxygens (including phenoxy) is 1. The van der Waals surface area contributed by atoms with Gasteiger partial charge in [0.15, 0.2) is 5.75 Å². The van der Waals surface area contributed by atoms with E-state index in [-0.39, 0.29) is 6.61 Å². The Kier molecular flexibility index (Phi) is 7.46. The minimum atomic E-state index is 0.0931. The minimum absolute atomic E-state index is 0.0931. The van der Waals surface area contributed by atoms with Gasteiger partial charge in [0.25, 0.3) is 0 Å². The molecule has 0 fully saturated rings. The number of terminal acetylenes is 1. The van der Waals surface area contributed by atoms with Crippen LogP contribution in [0.1, 0.15) is 0 Å². The van der Waals surface area contributed by atoms with Crippen molar-refractivity contribution in [2.24, 2.45) is 4.99 Å². The smallest absolute Gasteiger partial charge is 0.158 e. The van der Waals surface area contributed by atoms with Crippen LogP contribution >= 0.6 is 34.8 Å². The summed E-state index contributed by atoms with van der Waals surface area (Å²) in [5, 5.41) is 0.660. The molecular formula is C12H11Cl3N2O2. The minimum Gasteiger partial charge on any atom is -0.478 e. The highest BCUT2D eigenvalue weighted by Gasteiger charge is 2.08. The summed E-state index contributed by atoms with van der Waals surface area (Å²) in [5.74, 6) is 3.06. The zero-order valence-corrected chi connectivity index (χ0v) is 12.1. The summed E-state index contributed by atoms with van der Waals surface area (Å²) in [7, 11) is 0. The second-order valence-electron chi connectivity index (χ2n) is 3.14. The van der Waals surface area contributed by atoms with Crippen molar-refractivity contribution in [3.05, 3.63) is 22.2 Å². The van der Waals surface area contributed by atoms with Gasteiger partial charge >= 0.3 is 0 Å². The molecule has 0 heterocycles. The van der Waals surface area contributed by atoms with E-state index >= 15 is 0 Å². The second kappa shape index (κ2) is 8.89. The molecule has 0 bridgehead atoms. The van der Waals surface area contributed by atoms with Crippen LogP contribution in [0.3, 0.4) is 0 Å². The summed E-state index contributed by atoms with van der Waals surface area (Å²) in [4.78, 5) is 8.95. The molecule has 0 aliphatic carbocycles. The Balaban J connectivity index is 2.69. The van der Waals surface area contributed by atoms with Gasteiger partial charge in [0.05, 0.1) is 22.3 Å². The Hall–Kier alpha value is -1.12. The Labute approximate surface area is 126 Å². The number of hydrogen-bond donors (Lipinski definition) is 1. The number of halogens is 3. The lowest BCUT2D eigenvalue weighted by atomic mass is 10.3. The van der Waals surface area contributed by atoms with Gasteiger partial charge in [-0.1, -0.05) is 29.1 Å². The van der Waals surface area contributed by atoms with E-state index in [2.05, 4.69) is 16.4 Å². The average Bonchev–Trinajstić information content (AvgIpc) is 2.38. The molecule has 0 aliphatic heterocycles. The maximum atomic E-state index is 6.01. The molecular weight excluding hydrogens is 311 g/mol. The van der Waals surface area contributed by atoms with Gasteiger partial charge in [-0.2, -0.15) is 0 Å². The summed E-state index contributed by atoms with van der Waals surface area (Å²) >= 11 is 17.4. The molecule has 1 aromatic rings. The van der Waals surface area contributed by atoms with Crippen molar-refractivity contribution in [2.75, 3.05) is 19.1 Å². The van der Waals surface area contributed by atoms with E-state index in [9.17, 15) is 0 Å². The highest BCUT2D eigenvalue weighted by molar-refractivity contribution is 6.37. The summed E-state index contributed by atoms with van der Waals surface area (Å²) in [6, 6.07) is 3.19. The number of benzene rings is 1. The van der Waals surface area contributed by atoms with Crippen LogP contribution < -0.4 is 10.2 Å². The molecule has 0 atom stereocenters. The van der Waals surface area contributed by atoms with E-state index in [1.807, 2.05) is 0 Å². The molecule has 0 amide bonds. The van der Waals surface area contributed by atoms with Crippen molar-refractivity contribution in [3.8, 4) is 18.1 Å². The average molecular weight is 322 g/mol. The predicted octanol–water partition coefficient (Wildman–Crippen LogP) is 3.43. The van der Waals surface area contributed by atoms with E-state index < -0.39 is 0 Å². The zero-order chi connectivity index (χ0) is 14.1. The molecule has 0 saturated heterocycles. The van der Waals surface area contributed by atoms with Crippen LogP contribution in [0.15, 0.2) is 17.1 Å². The monoisotopic (exact) mass is 320 g/mol. The number of alkyl halides is 1. The Bertz CT molecular complexity index is 463. The molecule has 0 saturated carbocycles. The SMILES string of the molecule is C#CCOc1c(Cl)cc(N=CNOCCCl)cc1Cl. The summed E-state index contributed by atoms with van der Waals surface area (Å²) < 4.78 is 5.22. The van der Waals surface area contributed by atoms with Crippen molar-refractivity contribution in [3.63, 3.8) is 0 Å². The molecule has 1 aromatic carbocycles. The lowest BCUT2D eigenvalue weighted by Crippen LogP contribution is -2.13. The summed E-state index contributed by atoms with van der Waals surface area (Å²) in [6.07, 6.45) is 6.45. The predicted molar refractivity (Wildman–Crippen MR) is 78.7 cm³/mol. The number of hydrogen-bond acceptors (Lipinski definition) is 3. The Morgan fingerprint density at radius 3 is 2.63 bits per heavy atom. The van der Waals surface area contributed by atoms with Crippen LogP contribution in [0.2, 0.25) is 10.0 Å². The van der Waals surface area contributed by atoms with Crippen LogP contribution in [0.25, 0.3) is 0 Å². The lowest BCUT2D eigenvalue weighted by Gasteiger charge is -2.08. The first kappa shape index (κ1) is 15.9. The third-order valence-electron chi connectivity index (χ3n) is 1.81. The molecule has 0 radical (unpaired) electrons. The standard InChI is InChI=1S/C12H11Cl3N2O2/c1-2-4-18-12-10(14)6-9(7-11(12)15)16-8-17-19-5-3-13/h1,6-8H,3-5H2,(H,16,17). The van der Waals surface area contributed by atoms with Crippen molar-refractivity contribution in [1.29, 1.82) is 0 Å². The van der Waals surface area contributed by atoms with Gasteiger partial charge in [-0.05, 0) is 12.1 Å². The van der Waals surface area contributed by atoms with Crippen molar-refractivity contribution < 1.29 is 9.57 Å². The molecule has 19 heavy (non-hydrogen) atoms. The number of rotatable bonds is 7. The number of nitrogens with zero attached hydrogens (tertiary/aromatic N) is 1. The molecule has 4 nitrogen and oxygen atoms in total. The fourth-order valence-electron chi connectivity index (χ4n) is 1.11. The van der Waals surface area contributed by atoms with E-state index in [4.69, 9.17) is 50.8 Å². The first-order valence-electron chi connectivity index (χ1n) is 5.20. The van der Waals surface area contributed by atoms with E-state index in [0.29, 0.717) is 34.0 Å². The normalized spacial score (nSPS) is 10.4. The zero-order valence-electron chi connectivity index (χ0n) is 9.83. The molecule has 0 unspecified atom stereocenters. The molecule has 0 aromatic heterocycles. The maximum absolute atomic E-state index is 6.01. The van der Waals surface area contributed by atoms with Crippen LogP contribution in [0, 0.1) is 12.3 Å². The fraction of sp³-hybridized carbons (Fsp3) is 0.250. The first-order chi connectivity index (χ1) is 9.19. The van der Waals surface area contributed by atoms with Crippen LogP contribution in [-0.4, -0.2) is 25.4 Å². The van der Waals surface area contributed by atoms with Crippen LogP contribution in [-0.2, 0) is 4.84 Å². The van der Waals surface area contributed by atoms with Crippen molar-refractivity contribution in [2.45, 2.75) is 0 Å². The molecule has 0 spiro atoms. The summed E-state index contributed by atoms with van der Waals surface area (Å²) in [6.45, 7) is 0.462. The second-order valence-corrected chi connectivity index (χ2v) is 4.34. The number of hydroxylamine groups is 1. The van der Waals surface area contributed by atoms with Gasteiger partial charge in [0.1, 0.15) is 12.9 Å². The van der Waals surface area contributed by atoms with E-state index in [1.165, 1.54) is 6.34 Å². The quantitative estimate of drug-likeness (QED) is 0.209. The number of nitrogens with one attached hydrogen (secondary N) is 1. The van der Waals surface area contributed by atoms with Gasteiger partial charge in [0.2, 0.25) is 0 Å². The van der Waals surface area contributed by atoms with Gasteiger partial charge in [0, 0.05) is 5.88 Å². The highest BCUT2D eigenvalue weighted by atomic mass is 35.5.